The van der Waals surface area contributed by atoms with Crippen molar-refractivity contribution in [3.8, 4) is 0 Å². The lowest BCUT2D eigenvalue weighted by molar-refractivity contribution is -0.121. The zero-order chi connectivity index (χ0) is 15.1. The molecule has 0 radical (unpaired) electrons. The van der Waals surface area contributed by atoms with Crippen molar-refractivity contribution >= 4 is 5.91 Å². The maximum Gasteiger partial charge on any atom is 0.220 e. The van der Waals surface area contributed by atoms with Crippen LogP contribution in [0.15, 0.2) is 24.3 Å². The quantitative estimate of drug-likeness (QED) is 0.869. The van der Waals surface area contributed by atoms with Gasteiger partial charge in [0.25, 0.3) is 0 Å². The molecule has 1 aromatic rings. The lowest BCUT2D eigenvalue weighted by Crippen LogP contribution is -2.40. The molecule has 2 rings (SSSR count). The predicted octanol–water partition coefficient (Wildman–Crippen LogP) is 3.44. The summed E-state index contributed by atoms with van der Waals surface area (Å²) in [6.07, 6.45) is 5.40. The third kappa shape index (κ3) is 4.85. The fourth-order valence-electron chi connectivity index (χ4n) is 3.00. The van der Waals surface area contributed by atoms with E-state index in [9.17, 15) is 4.79 Å². The molecule has 0 bridgehead atoms. The molecule has 1 aliphatic rings. The standard InChI is InChI=1S/C18H28N2O/c1-3-7-18(21)19-14-17(20-12-5-4-6-13-20)16-10-8-15(2)9-11-16/h8-11,17H,3-7,12-14H2,1-2H3,(H,19,21)/t17-/m0/s1. The van der Waals surface area contributed by atoms with E-state index >= 15 is 0 Å². The fourth-order valence-corrected chi connectivity index (χ4v) is 3.00. The molecule has 1 saturated heterocycles. The molecule has 116 valence electrons. The van der Waals surface area contributed by atoms with Crippen LogP contribution < -0.4 is 5.32 Å². The Balaban J connectivity index is 2.05. The summed E-state index contributed by atoms with van der Waals surface area (Å²) in [5.74, 6) is 0.173. The zero-order valence-electron chi connectivity index (χ0n) is 13.4. The molecule has 21 heavy (non-hydrogen) atoms. The highest BCUT2D eigenvalue weighted by Gasteiger charge is 2.22. The highest BCUT2D eigenvalue weighted by Crippen LogP contribution is 2.24. The third-order valence-electron chi connectivity index (χ3n) is 4.26. The second-order valence-corrected chi connectivity index (χ2v) is 6.08. The molecular weight excluding hydrogens is 260 g/mol. The smallest absolute Gasteiger partial charge is 0.220 e. The number of carbonyl (C=O) groups excluding carboxylic acids is 1. The van der Waals surface area contributed by atoms with Crippen LogP contribution in [0.25, 0.3) is 0 Å². The van der Waals surface area contributed by atoms with E-state index in [4.69, 9.17) is 0 Å². The number of hydrogen-bond donors (Lipinski definition) is 1. The Morgan fingerprint density at radius 3 is 2.48 bits per heavy atom. The van der Waals surface area contributed by atoms with Crippen molar-refractivity contribution in [3.63, 3.8) is 0 Å². The molecule has 1 aromatic carbocycles. The summed E-state index contributed by atoms with van der Waals surface area (Å²) in [7, 11) is 0. The van der Waals surface area contributed by atoms with Crippen LogP contribution in [0.3, 0.4) is 0 Å². The summed E-state index contributed by atoms with van der Waals surface area (Å²) in [6, 6.07) is 9.06. The number of nitrogens with zero attached hydrogens (tertiary/aromatic N) is 1. The molecule has 1 atom stereocenters. The van der Waals surface area contributed by atoms with Crippen molar-refractivity contribution in [1.82, 2.24) is 10.2 Å². The molecule has 3 nitrogen and oxygen atoms in total. The van der Waals surface area contributed by atoms with Gasteiger partial charge >= 0.3 is 0 Å². The largest absolute Gasteiger partial charge is 0.354 e. The normalized spacial score (nSPS) is 17.4. The maximum atomic E-state index is 11.8. The van der Waals surface area contributed by atoms with Crippen LogP contribution in [0, 0.1) is 6.92 Å². The van der Waals surface area contributed by atoms with Gasteiger partial charge in [-0.05, 0) is 44.8 Å². The number of aryl methyl sites for hydroxylation is 1. The Kier molecular flexibility index (Phi) is 6.24. The van der Waals surface area contributed by atoms with Gasteiger partial charge in [-0.25, -0.2) is 0 Å². The van der Waals surface area contributed by atoms with Gasteiger partial charge in [-0.2, -0.15) is 0 Å². The minimum Gasteiger partial charge on any atom is -0.354 e. The van der Waals surface area contributed by atoms with Gasteiger partial charge < -0.3 is 5.32 Å². The van der Waals surface area contributed by atoms with Crippen molar-refractivity contribution < 1.29 is 4.79 Å². The minimum atomic E-state index is 0.173. The predicted molar refractivity (Wildman–Crippen MR) is 87.3 cm³/mol. The molecule has 0 aliphatic carbocycles. The Morgan fingerprint density at radius 1 is 1.19 bits per heavy atom. The van der Waals surface area contributed by atoms with Crippen LogP contribution >= 0.6 is 0 Å². The van der Waals surface area contributed by atoms with Gasteiger partial charge in [-0.1, -0.05) is 43.2 Å². The molecule has 1 N–H and O–H groups in total. The van der Waals surface area contributed by atoms with Crippen LogP contribution in [-0.2, 0) is 4.79 Å². The summed E-state index contributed by atoms with van der Waals surface area (Å²) in [5.41, 5.74) is 2.60. The highest BCUT2D eigenvalue weighted by molar-refractivity contribution is 5.75. The SMILES string of the molecule is CCCC(=O)NC[C@@H](c1ccc(C)cc1)N1CCCCC1. The maximum absolute atomic E-state index is 11.8. The number of hydrogen-bond acceptors (Lipinski definition) is 2. The van der Waals surface area contributed by atoms with Crippen molar-refractivity contribution in [2.45, 2.75) is 52.0 Å². The first-order valence-corrected chi connectivity index (χ1v) is 8.28. The molecule has 1 aliphatic heterocycles. The van der Waals surface area contributed by atoms with E-state index in [0.29, 0.717) is 12.5 Å². The van der Waals surface area contributed by atoms with Gasteiger partial charge in [0.1, 0.15) is 0 Å². The second kappa shape index (κ2) is 8.18. The number of likely N-dealkylation sites (tertiary alicyclic amines) is 1. The number of amides is 1. The summed E-state index contributed by atoms with van der Waals surface area (Å²) in [6.45, 7) is 7.16. The van der Waals surface area contributed by atoms with Crippen molar-refractivity contribution in [3.05, 3.63) is 35.4 Å². The lowest BCUT2D eigenvalue weighted by atomic mass is 10.0. The van der Waals surface area contributed by atoms with E-state index in [1.807, 2.05) is 6.92 Å². The first-order valence-electron chi connectivity index (χ1n) is 8.28. The van der Waals surface area contributed by atoms with Crippen molar-refractivity contribution in [1.29, 1.82) is 0 Å². The number of piperidine rings is 1. The second-order valence-electron chi connectivity index (χ2n) is 6.08. The summed E-state index contributed by atoms with van der Waals surface area (Å²) in [5, 5.41) is 3.11. The first-order chi connectivity index (χ1) is 10.2. The van der Waals surface area contributed by atoms with E-state index < -0.39 is 0 Å². The van der Waals surface area contributed by atoms with Crippen molar-refractivity contribution in [2.75, 3.05) is 19.6 Å². The highest BCUT2D eigenvalue weighted by atomic mass is 16.1. The Hall–Kier alpha value is -1.35. The molecule has 0 aromatic heterocycles. The van der Waals surface area contributed by atoms with Crippen molar-refractivity contribution in [2.24, 2.45) is 0 Å². The van der Waals surface area contributed by atoms with Gasteiger partial charge in [0, 0.05) is 13.0 Å². The van der Waals surface area contributed by atoms with E-state index in [1.165, 1.54) is 30.4 Å². The van der Waals surface area contributed by atoms with Crippen LogP contribution in [0.5, 0.6) is 0 Å². The number of benzene rings is 1. The molecule has 0 saturated carbocycles. The monoisotopic (exact) mass is 288 g/mol. The Morgan fingerprint density at radius 2 is 1.86 bits per heavy atom. The van der Waals surface area contributed by atoms with Gasteiger partial charge in [-0.3, -0.25) is 9.69 Å². The molecule has 0 spiro atoms. The molecule has 1 amide bonds. The number of nitrogens with one attached hydrogen (secondary N) is 1. The molecule has 1 fully saturated rings. The molecule has 1 heterocycles. The molecular formula is C18H28N2O. The van der Waals surface area contributed by atoms with E-state index in [0.717, 1.165) is 26.1 Å². The average molecular weight is 288 g/mol. The summed E-state index contributed by atoms with van der Waals surface area (Å²) < 4.78 is 0. The minimum absolute atomic E-state index is 0.173. The Labute approximate surface area is 128 Å². The molecule has 3 heteroatoms. The van der Waals surface area contributed by atoms with Crippen LogP contribution in [0.2, 0.25) is 0 Å². The Bertz CT molecular complexity index is 435. The zero-order valence-corrected chi connectivity index (χ0v) is 13.4. The topological polar surface area (TPSA) is 32.3 Å². The summed E-state index contributed by atoms with van der Waals surface area (Å²) >= 11 is 0. The lowest BCUT2D eigenvalue weighted by Gasteiger charge is -2.35. The van der Waals surface area contributed by atoms with E-state index in [2.05, 4.69) is 41.4 Å². The summed E-state index contributed by atoms with van der Waals surface area (Å²) in [4.78, 5) is 14.3. The van der Waals surface area contributed by atoms with Crippen LogP contribution in [-0.4, -0.2) is 30.4 Å². The van der Waals surface area contributed by atoms with Crippen LogP contribution in [0.1, 0.15) is 56.2 Å². The first kappa shape index (κ1) is 16.0. The fraction of sp³-hybridized carbons (Fsp3) is 0.611. The van der Waals surface area contributed by atoms with E-state index in [-0.39, 0.29) is 5.91 Å². The van der Waals surface area contributed by atoms with Gasteiger partial charge in [0.2, 0.25) is 5.91 Å². The molecule has 0 unspecified atom stereocenters. The third-order valence-corrected chi connectivity index (χ3v) is 4.26. The van der Waals surface area contributed by atoms with Gasteiger partial charge in [-0.15, -0.1) is 0 Å². The van der Waals surface area contributed by atoms with Gasteiger partial charge in [0.05, 0.1) is 6.04 Å². The van der Waals surface area contributed by atoms with Crippen LogP contribution in [0.4, 0.5) is 0 Å². The van der Waals surface area contributed by atoms with Gasteiger partial charge in [0.15, 0.2) is 0 Å². The van der Waals surface area contributed by atoms with E-state index in [1.54, 1.807) is 0 Å². The number of carbonyl (C=O) groups is 1. The number of rotatable bonds is 6. The average Bonchev–Trinajstić information content (AvgIpc) is 2.50.